The van der Waals surface area contributed by atoms with Gasteiger partial charge >= 0.3 is 0 Å². The minimum absolute atomic E-state index is 0.534. The SMILES string of the molecule is CN=C(NCCOCc1ccccc1OC)NCc1sccc1C. The third-order valence-electron chi connectivity index (χ3n) is 3.60. The zero-order valence-corrected chi connectivity index (χ0v) is 15.3. The minimum atomic E-state index is 0.534. The Bertz CT molecular complexity index is 655. The summed E-state index contributed by atoms with van der Waals surface area (Å²) in [5, 5.41) is 8.67. The number of methoxy groups -OCH3 is 1. The van der Waals surface area contributed by atoms with Crippen molar-refractivity contribution in [1.29, 1.82) is 0 Å². The van der Waals surface area contributed by atoms with Crippen molar-refractivity contribution in [3.8, 4) is 5.75 Å². The Balaban J connectivity index is 1.66. The molecule has 1 aromatic carbocycles. The molecule has 0 bridgehead atoms. The number of thiophene rings is 1. The number of benzene rings is 1. The van der Waals surface area contributed by atoms with Gasteiger partial charge in [0.1, 0.15) is 5.75 Å². The summed E-state index contributed by atoms with van der Waals surface area (Å²) in [7, 11) is 3.44. The smallest absolute Gasteiger partial charge is 0.191 e. The third kappa shape index (κ3) is 5.54. The van der Waals surface area contributed by atoms with Gasteiger partial charge in [-0.05, 0) is 30.0 Å². The van der Waals surface area contributed by atoms with Crippen molar-refractivity contribution in [3.63, 3.8) is 0 Å². The number of nitrogens with zero attached hydrogens (tertiary/aromatic N) is 1. The monoisotopic (exact) mass is 347 g/mol. The molecule has 0 radical (unpaired) electrons. The summed E-state index contributed by atoms with van der Waals surface area (Å²) in [4.78, 5) is 5.55. The average Bonchev–Trinajstić information content (AvgIpc) is 3.02. The van der Waals surface area contributed by atoms with Crippen LogP contribution in [-0.4, -0.2) is 33.3 Å². The number of ether oxygens (including phenoxy) is 2. The molecule has 1 aromatic heterocycles. The highest BCUT2D eigenvalue weighted by Crippen LogP contribution is 2.17. The summed E-state index contributed by atoms with van der Waals surface area (Å²) in [6.07, 6.45) is 0. The van der Waals surface area contributed by atoms with Crippen LogP contribution in [0.15, 0.2) is 40.7 Å². The number of para-hydroxylation sites is 1. The number of hydrogen-bond acceptors (Lipinski definition) is 4. The molecule has 0 saturated carbocycles. The maximum absolute atomic E-state index is 5.70. The molecule has 0 saturated heterocycles. The molecule has 24 heavy (non-hydrogen) atoms. The van der Waals surface area contributed by atoms with E-state index in [1.165, 1.54) is 10.4 Å². The minimum Gasteiger partial charge on any atom is -0.496 e. The van der Waals surface area contributed by atoms with Crippen LogP contribution in [0.2, 0.25) is 0 Å². The molecular weight excluding hydrogens is 322 g/mol. The number of nitrogens with one attached hydrogen (secondary N) is 2. The Hall–Kier alpha value is -2.05. The first-order chi connectivity index (χ1) is 11.7. The van der Waals surface area contributed by atoms with Gasteiger partial charge in [0.2, 0.25) is 0 Å². The molecule has 1 heterocycles. The first-order valence-electron chi connectivity index (χ1n) is 7.91. The van der Waals surface area contributed by atoms with Crippen molar-refractivity contribution >= 4 is 17.3 Å². The van der Waals surface area contributed by atoms with Gasteiger partial charge in [0.05, 0.1) is 26.9 Å². The van der Waals surface area contributed by atoms with Crippen molar-refractivity contribution in [2.45, 2.75) is 20.1 Å². The van der Waals surface area contributed by atoms with E-state index in [1.54, 1.807) is 25.5 Å². The van der Waals surface area contributed by atoms with E-state index in [-0.39, 0.29) is 0 Å². The highest BCUT2D eigenvalue weighted by atomic mass is 32.1. The lowest BCUT2D eigenvalue weighted by Gasteiger charge is -2.12. The molecule has 2 aromatic rings. The topological polar surface area (TPSA) is 54.9 Å². The molecule has 2 N–H and O–H groups in total. The second-order valence-corrected chi connectivity index (χ2v) is 6.24. The quantitative estimate of drug-likeness (QED) is 0.438. The van der Waals surface area contributed by atoms with Crippen molar-refractivity contribution < 1.29 is 9.47 Å². The van der Waals surface area contributed by atoms with Gasteiger partial charge in [0.15, 0.2) is 5.96 Å². The molecule has 5 nitrogen and oxygen atoms in total. The Labute approximate surface area is 147 Å². The van der Waals surface area contributed by atoms with Crippen LogP contribution in [0.1, 0.15) is 16.0 Å². The number of hydrogen-bond donors (Lipinski definition) is 2. The van der Waals surface area contributed by atoms with E-state index in [0.29, 0.717) is 19.8 Å². The summed E-state index contributed by atoms with van der Waals surface area (Å²) in [5.74, 6) is 1.64. The normalized spacial score (nSPS) is 11.4. The van der Waals surface area contributed by atoms with Gasteiger partial charge in [-0.1, -0.05) is 18.2 Å². The van der Waals surface area contributed by atoms with Gasteiger partial charge in [0, 0.05) is 24.0 Å². The average molecular weight is 347 g/mol. The van der Waals surface area contributed by atoms with Crippen molar-refractivity contribution in [2.24, 2.45) is 4.99 Å². The van der Waals surface area contributed by atoms with E-state index in [9.17, 15) is 0 Å². The summed E-state index contributed by atoms with van der Waals surface area (Å²) in [6, 6.07) is 10.0. The Morgan fingerprint density at radius 3 is 2.75 bits per heavy atom. The van der Waals surface area contributed by atoms with E-state index in [0.717, 1.165) is 23.8 Å². The first kappa shape index (κ1) is 18.3. The molecule has 0 atom stereocenters. The van der Waals surface area contributed by atoms with E-state index in [1.807, 2.05) is 24.3 Å². The predicted molar refractivity (Wildman–Crippen MR) is 99.9 cm³/mol. The highest BCUT2D eigenvalue weighted by Gasteiger charge is 2.03. The second-order valence-electron chi connectivity index (χ2n) is 5.24. The molecule has 0 aliphatic heterocycles. The lowest BCUT2D eigenvalue weighted by Crippen LogP contribution is -2.38. The third-order valence-corrected chi connectivity index (χ3v) is 4.62. The van der Waals surface area contributed by atoms with Crippen LogP contribution < -0.4 is 15.4 Å². The summed E-state index contributed by atoms with van der Waals surface area (Å²) in [5.41, 5.74) is 2.36. The van der Waals surface area contributed by atoms with E-state index in [2.05, 4.69) is 34.0 Å². The van der Waals surface area contributed by atoms with Gasteiger partial charge in [-0.3, -0.25) is 4.99 Å². The van der Waals surface area contributed by atoms with Crippen molar-refractivity contribution in [3.05, 3.63) is 51.7 Å². The zero-order valence-electron chi connectivity index (χ0n) is 14.5. The van der Waals surface area contributed by atoms with Crippen LogP contribution >= 0.6 is 11.3 Å². The van der Waals surface area contributed by atoms with Crippen LogP contribution in [-0.2, 0) is 17.9 Å². The van der Waals surface area contributed by atoms with Gasteiger partial charge in [-0.15, -0.1) is 11.3 Å². The number of aryl methyl sites for hydroxylation is 1. The number of rotatable bonds is 8. The maximum atomic E-state index is 5.70. The van der Waals surface area contributed by atoms with Crippen molar-refractivity contribution in [1.82, 2.24) is 10.6 Å². The fourth-order valence-corrected chi connectivity index (χ4v) is 3.06. The van der Waals surface area contributed by atoms with Crippen molar-refractivity contribution in [2.75, 3.05) is 27.3 Å². The van der Waals surface area contributed by atoms with Crippen LogP contribution in [0.4, 0.5) is 0 Å². The highest BCUT2D eigenvalue weighted by molar-refractivity contribution is 7.10. The number of aliphatic imine (C=N–C) groups is 1. The molecule has 2 rings (SSSR count). The van der Waals surface area contributed by atoms with Crippen LogP contribution in [0.5, 0.6) is 5.75 Å². The standard InChI is InChI=1S/C18H25N3O2S/c1-14-8-11-24-17(14)12-21-18(19-2)20-9-10-23-13-15-6-4-5-7-16(15)22-3/h4-8,11H,9-10,12-13H2,1-3H3,(H2,19,20,21). The molecule has 0 spiro atoms. The maximum Gasteiger partial charge on any atom is 0.191 e. The number of guanidine groups is 1. The molecule has 130 valence electrons. The molecule has 0 amide bonds. The van der Waals surface area contributed by atoms with Crippen LogP contribution in [0, 0.1) is 6.92 Å². The molecule has 6 heteroatoms. The van der Waals surface area contributed by atoms with Gasteiger partial charge in [0.25, 0.3) is 0 Å². The fraction of sp³-hybridized carbons (Fsp3) is 0.389. The lowest BCUT2D eigenvalue weighted by molar-refractivity contribution is 0.123. The Kier molecular flexibility index (Phi) is 7.58. The summed E-state index contributed by atoms with van der Waals surface area (Å²) >= 11 is 1.75. The largest absolute Gasteiger partial charge is 0.496 e. The lowest BCUT2D eigenvalue weighted by atomic mass is 10.2. The van der Waals surface area contributed by atoms with Crippen LogP contribution in [0.3, 0.4) is 0 Å². The molecule has 0 fully saturated rings. The van der Waals surface area contributed by atoms with E-state index < -0.39 is 0 Å². The fourth-order valence-electron chi connectivity index (χ4n) is 2.22. The molecule has 0 aliphatic carbocycles. The molecular formula is C18H25N3O2S. The van der Waals surface area contributed by atoms with Gasteiger partial charge in [-0.25, -0.2) is 0 Å². The molecule has 0 unspecified atom stereocenters. The Morgan fingerprint density at radius 1 is 1.21 bits per heavy atom. The summed E-state index contributed by atoms with van der Waals surface area (Å²) in [6.45, 7) is 4.72. The van der Waals surface area contributed by atoms with E-state index in [4.69, 9.17) is 9.47 Å². The second kappa shape index (κ2) is 9.95. The Morgan fingerprint density at radius 2 is 2.04 bits per heavy atom. The summed E-state index contributed by atoms with van der Waals surface area (Å²) < 4.78 is 11.0. The van der Waals surface area contributed by atoms with Gasteiger partial charge in [-0.2, -0.15) is 0 Å². The first-order valence-corrected chi connectivity index (χ1v) is 8.79. The molecule has 0 aliphatic rings. The zero-order chi connectivity index (χ0) is 17.2. The van der Waals surface area contributed by atoms with E-state index >= 15 is 0 Å². The predicted octanol–water partition coefficient (Wildman–Crippen LogP) is 2.95. The van der Waals surface area contributed by atoms with Gasteiger partial charge < -0.3 is 20.1 Å². The van der Waals surface area contributed by atoms with Crippen LogP contribution in [0.25, 0.3) is 0 Å².